The maximum atomic E-state index is 2.90. The fraction of sp³-hybridized carbons (Fsp3) is 1.00. The van der Waals surface area contributed by atoms with Crippen molar-refractivity contribution in [2.24, 2.45) is 22.2 Å². The first kappa shape index (κ1) is 21.7. The van der Waals surface area contributed by atoms with Crippen LogP contribution in [0.15, 0.2) is 0 Å². The second-order valence-corrected chi connectivity index (χ2v) is 14.4. The Hall–Kier alpha value is -0.120. The highest BCUT2D eigenvalue weighted by atomic mass is 15.4. The number of rotatable bonds is 2. The van der Waals surface area contributed by atoms with Crippen molar-refractivity contribution in [2.45, 2.75) is 111 Å². The van der Waals surface area contributed by atoms with E-state index in [1.54, 1.807) is 0 Å². The lowest BCUT2D eigenvalue weighted by Crippen LogP contribution is -2.71. The zero-order chi connectivity index (χ0) is 21.4. The quantitative estimate of drug-likeness (QED) is 0.610. The van der Waals surface area contributed by atoms with Gasteiger partial charge in [-0.25, -0.2) is 0 Å². The van der Waals surface area contributed by atoms with Gasteiger partial charge in [-0.1, -0.05) is 20.8 Å². The summed E-state index contributed by atoms with van der Waals surface area (Å²) in [6.07, 6.45) is 11.9. The molecule has 0 radical (unpaired) electrons. The normalized spacial score (nSPS) is 34.0. The number of likely N-dealkylation sites (tertiary alicyclic amines) is 3. The van der Waals surface area contributed by atoms with Crippen molar-refractivity contribution >= 4 is 0 Å². The fourth-order valence-corrected chi connectivity index (χ4v) is 7.69. The Morgan fingerprint density at radius 1 is 0.600 bits per heavy atom. The first-order chi connectivity index (χ1) is 14.0. The zero-order valence-electron chi connectivity index (χ0n) is 21.0. The summed E-state index contributed by atoms with van der Waals surface area (Å²) in [5.74, 6) is 0.958. The standard InChI is InChI=1S/C27H49N3/c1-24(2,3)21-7-11-26(12-8-21)17-28(18-26)22-9-13-27(14-10-22)19-29(20-27)23-15-30(16-23)25(4,5)6/h21-23H,7-20H2,1-6H3. The van der Waals surface area contributed by atoms with E-state index in [-0.39, 0.29) is 0 Å². The van der Waals surface area contributed by atoms with E-state index in [0.717, 1.165) is 18.0 Å². The zero-order valence-corrected chi connectivity index (χ0v) is 21.0. The van der Waals surface area contributed by atoms with Gasteiger partial charge in [-0.05, 0) is 94.3 Å². The van der Waals surface area contributed by atoms with Gasteiger partial charge in [0.15, 0.2) is 0 Å². The van der Waals surface area contributed by atoms with Gasteiger partial charge in [0.05, 0.1) is 0 Å². The fourth-order valence-electron chi connectivity index (χ4n) is 7.69. The minimum absolute atomic E-state index is 0.359. The second-order valence-electron chi connectivity index (χ2n) is 14.4. The van der Waals surface area contributed by atoms with Crippen LogP contribution < -0.4 is 0 Å². The van der Waals surface area contributed by atoms with Crippen LogP contribution >= 0.6 is 0 Å². The molecule has 0 bridgehead atoms. The van der Waals surface area contributed by atoms with Crippen molar-refractivity contribution < 1.29 is 0 Å². The topological polar surface area (TPSA) is 9.72 Å². The predicted molar refractivity (Wildman–Crippen MR) is 127 cm³/mol. The van der Waals surface area contributed by atoms with E-state index in [0.29, 0.717) is 21.8 Å². The Kier molecular flexibility index (Phi) is 5.20. The highest BCUT2D eigenvalue weighted by molar-refractivity contribution is 5.07. The van der Waals surface area contributed by atoms with E-state index in [1.807, 2.05) is 0 Å². The van der Waals surface area contributed by atoms with Crippen molar-refractivity contribution in [3.63, 3.8) is 0 Å². The van der Waals surface area contributed by atoms with Crippen LogP contribution in [0.4, 0.5) is 0 Å². The summed E-state index contributed by atoms with van der Waals surface area (Å²) in [5, 5.41) is 0. The number of hydrogen-bond donors (Lipinski definition) is 0. The molecule has 3 nitrogen and oxygen atoms in total. The van der Waals surface area contributed by atoms with Gasteiger partial charge < -0.3 is 0 Å². The molecule has 2 aliphatic carbocycles. The van der Waals surface area contributed by atoms with Crippen molar-refractivity contribution in [3.05, 3.63) is 0 Å². The van der Waals surface area contributed by atoms with E-state index < -0.39 is 0 Å². The molecule has 5 aliphatic rings. The predicted octanol–water partition coefficient (Wildman–Crippen LogP) is 5.25. The Labute approximate surface area is 186 Å². The van der Waals surface area contributed by atoms with Crippen LogP contribution in [0.25, 0.3) is 0 Å². The van der Waals surface area contributed by atoms with Crippen molar-refractivity contribution in [2.75, 3.05) is 39.3 Å². The average Bonchev–Trinajstić information content (AvgIpc) is 2.55. The third-order valence-electron chi connectivity index (χ3n) is 10.3. The molecule has 0 atom stereocenters. The minimum atomic E-state index is 0.359. The Morgan fingerprint density at radius 2 is 1.03 bits per heavy atom. The Morgan fingerprint density at radius 3 is 1.47 bits per heavy atom. The first-order valence-electron chi connectivity index (χ1n) is 13.2. The summed E-state index contributed by atoms with van der Waals surface area (Å²) < 4.78 is 0. The first-order valence-corrected chi connectivity index (χ1v) is 13.2. The van der Waals surface area contributed by atoms with Crippen LogP contribution in [0.3, 0.4) is 0 Å². The van der Waals surface area contributed by atoms with Crippen molar-refractivity contribution in [1.29, 1.82) is 0 Å². The highest BCUT2D eigenvalue weighted by Crippen LogP contribution is 2.52. The van der Waals surface area contributed by atoms with Gasteiger partial charge in [0.25, 0.3) is 0 Å². The largest absolute Gasteiger partial charge is 0.299 e. The van der Waals surface area contributed by atoms with Crippen LogP contribution in [0.5, 0.6) is 0 Å². The second kappa shape index (κ2) is 7.19. The summed E-state index contributed by atoms with van der Waals surface area (Å²) in [6, 6.07) is 1.77. The molecule has 0 aromatic heterocycles. The van der Waals surface area contributed by atoms with Gasteiger partial charge in [-0.3, -0.25) is 14.7 Å². The van der Waals surface area contributed by atoms with Crippen LogP contribution in [-0.2, 0) is 0 Å². The molecule has 0 aromatic carbocycles. The van der Waals surface area contributed by atoms with Gasteiger partial charge in [0.1, 0.15) is 0 Å². The van der Waals surface area contributed by atoms with Crippen LogP contribution in [-0.4, -0.2) is 71.6 Å². The molecule has 0 N–H and O–H groups in total. The van der Waals surface area contributed by atoms with Crippen molar-refractivity contribution in [1.82, 2.24) is 14.7 Å². The molecule has 0 aromatic rings. The summed E-state index contributed by atoms with van der Waals surface area (Å²) >= 11 is 0. The highest BCUT2D eigenvalue weighted by Gasteiger charge is 2.53. The SMILES string of the molecule is CC(C)(C)C1CCC2(CC1)CN(C1CCC3(CC1)CN(C1CN(C(C)(C)C)C1)C3)C2. The molecular formula is C27H49N3. The van der Waals surface area contributed by atoms with E-state index in [2.05, 4.69) is 56.2 Å². The third kappa shape index (κ3) is 3.90. The third-order valence-corrected chi connectivity index (χ3v) is 10.3. The van der Waals surface area contributed by atoms with E-state index >= 15 is 0 Å². The molecule has 5 rings (SSSR count). The smallest absolute Gasteiger partial charge is 0.0351 e. The molecule has 5 fully saturated rings. The molecule has 0 amide bonds. The Bertz CT molecular complexity index is 603. The summed E-state index contributed by atoms with van der Waals surface area (Å²) in [6.45, 7) is 22.7. The van der Waals surface area contributed by atoms with Gasteiger partial charge in [-0.15, -0.1) is 0 Å². The maximum Gasteiger partial charge on any atom is 0.0351 e. The van der Waals surface area contributed by atoms with E-state index in [4.69, 9.17) is 0 Å². The lowest BCUT2D eigenvalue weighted by atomic mass is 9.60. The van der Waals surface area contributed by atoms with Gasteiger partial charge in [0.2, 0.25) is 0 Å². The van der Waals surface area contributed by atoms with E-state index in [9.17, 15) is 0 Å². The molecular weight excluding hydrogens is 366 g/mol. The van der Waals surface area contributed by atoms with Gasteiger partial charge in [0, 0.05) is 56.9 Å². The van der Waals surface area contributed by atoms with Crippen LogP contribution in [0.2, 0.25) is 0 Å². The molecule has 0 unspecified atom stereocenters. The molecule has 3 saturated heterocycles. The number of nitrogens with zero attached hydrogens (tertiary/aromatic N) is 3. The molecule has 2 spiro atoms. The molecule has 3 heteroatoms. The molecule has 3 heterocycles. The summed E-state index contributed by atoms with van der Waals surface area (Å²) in [5.41, 5.74) is 2.29. The molecule has 2 saturated carbocycles. The maximum absolute atomic E-state index is 2.90. The summed E-state index contributed by atoms with van der Waals surface area (Å²) in [4.78, 5) is 8.36. The summed E-state index contributed by atoms with van der Waals surface area (Å²) in [7, 11) is 0. The van der Waals surface area contributed by atoms with Crippen molar-refractivity contribution in [3.8, 4) is 0 Å². The van der Waals surface area contributed by atoms with Crippen LogP contribution in [0.1, 0.15) is 92.9 Å². The van der Waals surface area contributed by atoms with Gasteiger partial charge in [-0.2, -0.15) is 0 Å². The Balaban J connectivity index is 1.02. The van der Waals surface area contributed by atoms with Crippen LogP contribution in [0, 0.1) is 22.2 Å². The molecule has 3 aliphatic heterocycles. The monoisotopic (exact) mass is 415 g/mol. The molecule has 172 valence electrons. The number of hydrogen-bond acceptors (Lipinski definition) is 3. The average molecular weight is 416 g/mol. The van der Waals surface area contributed by atoms with Gasteiger partial charge >= 0.3 is 0 Å². The van der Waals surface area contributed by atoms with E-state index in [1.165, 1.54) is 90.6 Å². The minimum Gasteiger partial charge on any atom is -0.299 e. The molecule has 30 heavy (non-hydrogen) atoms. The lowest BCUT2D eigenvalue weighted by molar-refractivity contribution is -0.131. The lowest BCUT2D eigenvalue weighted by Gasteiger charge is -2.63.